The standard InChI is InChI=1S/C52H38.C2H6/c1-4-13-35(14-5-1)39-19-10-22-42(31-39)45-27-25-38-26-28-47-49(43-23-11-20-40(32-43)36-15-6-2-7-16-36)34-50(48-30-29-46(45)51(38)52(47)48)44-24-12-21-41(33-44)37-17-8-3-9-18-37;1-2/h1-11,13-20,22-26,28-34,45H,12,21,27H2;1-2H3. The largest absolute Gasteiger partial charge is 0.0763 e. The zero-order valence-corrected chi connectivity index (χ0v) is 31.1. The summed E-state index contributed by atoms with van der Waals surface area (Å²) in [5.74, 6) is 0.290. The van der Waals surface area contributed by atoms with E-state index in [1.807, 2.05) is 13.8 Å². The van der Waals surface area contributed by atoms with Crippen LogP contribution in [0.25, 0.3) is 72.1 Å². The Morgan fingerprint density at radius 2 is 1.04 bits per heavy atom. The van der Waals surface area contributed by atoms with Crippen molar-refractivity contribution >= 4 is 38.8 Å². The maximum atomic E-state index is 2.48. The third-order valence-electron chi connectivity index (χ3n) is 11.3. The summed E-state index contributed by atoms with van der Waals surface area (Å²) in [6.45, 7) is 4.00. The lowest BCUT2D eigenvalue weighted by molar-refractivity contribution is 0.854. The van der Waals surface area contributed by atoms with Gasteiger partial charge in [0.25, 0.3) is 0 Å². The van der Waals surface area contributed by atoms with Crippen molar-refractivity contribution in [2.24, 2.45) is 0 Å². The summed E-state index contributed by atoms with van der Waals surface area (Å²) < 4.78 is 0. The molecule has 0 N–H and O–H groups in total. The fraction of sp³-hybridized carbons (Fsp3) is 0.111. The summed E-state index contributed by atoms with van der Waals surface area (Å²) in [4.78, 5) is 0. The topological polar surface area (TPSA) is 0 Å². The molecule has 0 aromatic heterocycles. The van der Waals surface area contributed by atoms with Crippen LogP contribution in [0.15, 0.2) is 182 Å². The van der Waals surface area contributed by atoms with Crippen molar-refractivity contribution in [2.45, 2.75) is 39.0 Å². The summed E-state index contributed by atoms with van der Waals surface area (Å²) in [7, 11) is 0. The summed E-state index contributed by atoms with van der Waals surface area (Å²) in [6.07, 6.45) is 10.5. The van der Waals surface area contributed by atoms with Gasteiger partial charge < -0.3 is 0 Å². The van der Waals surface area contributed by atoms with E-state index in [0.29, 0.717) is 0 Å². The summed E-state index contributed by atoms with van der Waals surface area (Å²) in [5.41, 5.74) is 15.7. The highest BCUT2D eigenvalue weighted by Gasteiger charge is 2.25. The molecule has 0 amide bonds. The second-order valence-electron chi connectivity index (χ2n) is 14.3. The van der Waals surface area contributed by atoms with Crippen LogP contribution in [0.4, 0.5) is 0 Å². The zero-order chi connectivity index (χ0) is 36.4. The Hall–Kier alpha value is -6.24. The average Bonchev–Trinajstić information content (AvgIpc) is 3.27. The van der Waals surface area contributed by atoms with Gasteiger partial charge in [-0.2, -0.15) is 0 Å². The monoisotopic (exact) mass is 692 g/mol. The van der Waals surface area contributed by atoms with E-state index in [4.69, 9.17) is 0 Å². The van der Waals surface area contributed by atoms with E-state index in [-0.39, 0.29) is 5.92 Å². The molecule has 54 heavy (non-hydrogen) atoms. The third-order valence-corrected chi connectivity index (χ3v) is 11.3. The van der Waals surface area contributed by atoms with Crippen LogP contribution in [0.5, 0.6) is 0 Å². The minimum absolute atomic E-state index is 0.290. The van der Waals surface area contributed by atoms with Crippen molar-refractivity contribution in [3.8, 4) is 33.4 Å². The van der Waals surface area contributed by atoms with Gasteiger partial charge in [0.15, 0.2) is 0 Å². The van der Waals surface area contributed by atoms with Crippen LogP contribution >= 0.6 is 0 Å². The van der Waals surface area contributed by atoms with Crippen LogP contribution in [0, 0.1) is 0 Å². The SMILES string of the molecule is C1=C(c2ccccc2)CCC=C1c1cc(-c2cccc(-c3ccccc3)c2)c2ccc3c4c(ccc1c24)C(c1cccc(-c2ccccc2)c1)CC=3.CC. The molecule has 0 heteroatoms. The Labute approximate surface area is 319 Å². The molecule has 260 valence electrons. The van der Waals surface area contributed by atoms with Crippen LogP contribution in [0.1, 0.15) is 61.3 Å². The zero-order valence-electron chi connectivity index (χ0n) is 31.1. The van der Waals surface area contributed by atoms with E-state index in [1.165, 1.54) is 93.5 Å². The number of rotatable bonds is 6. The minimum atomic E-state index is 0.290. The van der Waals surface area contributed by atoms with Crippen LogP contribution in [0.2, 0.25) is 0 Å². The normalized spacial score (nSPS) is 14.8. The van der Waals surface area contributed by atoms with E-state index in [9.17, 15) is 0 Å². The molecule has 0 radical (unpaired) electrons. The summed E-state index contributed by atoms with van der Waals surface area (Å²) >= 11 is 0. The van der Waals surface area contributed by atoms with Crippen molar-refractivity contribution in [1.29, 1.82) is 0 Å². The van der Waals surface area contributed by atoms with Crippen molar-refractivity contribution in [1.82, 2.24) is 0 Å². The van der Waals surface area contributed by atoms with E-state index < -0.39 is 0 Å². The van der Waals surface area contributed by atoms with Crippen molar-refractivity contribution in [3.63, 3.8) is 0 Å². The second kappa shape index (κ2) is 14.6. The van der Waals surface area contributed by atoms with E-state index in [2.05, 4.69) is 188 Å². The summed E-state index contributed by atoms with van der Waals surface area (Å²) in [6, 6.07) is 62.9. The number of allylic oxidation sites excluding steroid dienone is 4. The van der Waals surface area contributed by atoms with Gasteiger partial charge >= 0.3 is 0 Å². The fourth-order valence-corrected chi connectivity index (χ4v) is 8.76. The lowest BCUT2D eigenvalue weighted by atomic mass is 9.77. The highest BCUT2D eigenvalue weighted by molar-refractivity contribution is 6.20. The summed E-state index contributed by atoms with van der Waals surface area (Å²) in [5, 5.41) is 6.79. The molecule has 1 unspecified atom stereocenters. The smallest absolute Gasteiger partial charge is 0.0131 e. The van der Waals surface area contributed by atoms with Gasteiger partial charge in [-0.3, -0.25) is 0 Å². The Balaban J connectivity index is 0.00000189. The predicted octanol–water partition coefficient (Wildman–Crippen LogP) is 14.3. The van der Waals surface area contributed by atoms with Gasteiger partial charge in [-0.1, -0.05) is 190 Å². The van der Waals surface area contributed by atoms with Gasteiger partial charge in [0.2, 0.25) is 0 Å². The van der Waals surface area contributed by atoms with Crippen molar-refractivity contribution in [2.75, 3.05) is 0 Å². The first-order valence-corrected chi connectivity index (χ1v) is 19.6. The average molecular weight is 693 g/mol. The van der Waals surface area contributed by atoms with Gasteiger partial charge in [0.1, 0.15) is 0 Å². The molecule has 0 bridgehead atoms. The highest BCUT2D eigenvalue weighted by Crippen LogP contribution is 2.45. The molecule has 0 spiro atoms. The molecule has 2 aliphatic carbocycles. The first-order chi connectivity index (χ1) is 26.8. The minimum Gasteiger partial charge on any atom is -0.0763 e. The molecule has 2 aliphatic rings. The fourth-order valence-electron chi connectivity index (χ4n) is 8.76. The van der Waals surface area contributed by atoms with Gasteiger partial charge in [-0.15, -0.1) is 0 Å². The maximum Gasteiger partial charge on any atom is 0.0131 e. The maximum absolute atomic E-state index is 2.48. The van der Waals surface area contributed by atoms with Crippen LogP contribution in [-0.2, 0) is 0 Å². The van der Waals surface area contributed by atoms with Crippen molar-refractivity contribution < 1.29 is 0 Å². The van der Waals surface area contributed by atoms with E-state index in [0.717, 1.165) is 19.3 Å². The molecule has 0 heterocycles. The lowest BCUT2D eigenvalue weighted by Gasteiger charge is -2.26. The molecule has 0 nitrogen and oxygen atoms in total. The number of benzene rings is 8. The van der Waals surface area contributed by atoms with Crippen LogP contribution in [-0.4, -0.2) is 0 Å². The molecule has 8 aromatic rings. The van der Waals surface area contributed by atoms with E-state index in [1.54, 1.807) is 0 Å². The van der Waals surface area contributed by atoms with Crippen LogP contribution in [0.3, 0.4) is 0 Å². The molecule has 0 saturated carbocycles. The van der Waals surface area contributed by atoms with Gasteiger partial charge in [-0.05, 0) is 125 Å². The molecule has 0 saturated heterocycles. The molecular weight excluding hydrogens is 649 g/mol. The molecule has 10 rings (SSSR count). The Bertz CT molecular complexity index is 2730. The number of hydrogen-bond acceptors (Lipinski definition) is 0. The number of hydrogen-bond donors (Lipinski definition) is 0. The third kappa shape index (κ3) is 6.08. The highest BCUT2D eigenvalue weighted by atomic mass is 14.3. The molecule has 8 aromatic carbocycles. The predicted molar refractivity (Wildman–Crippen MR) is 233 cm³/mol. The Morgan fingerprint density at radius 3 is 1.76 bits per heavy atom. The first kappa shape index (κ1) is 33.6. The molecular formula is C54H44. The quantitative estimate of drug-likeness (QED) is 0.163. The molecule has 0 fully saturated rings. The molecule has 1 atom stereocenters. The second-order valence-corrected chi connectivity index (χ2v) is 14.3. The van der Waals surface area contributed by atoms with Gasteiger partial charge in [0, 0.05) is 5.92 Å². The lowest BCUT2D eigenvalue weighted by Crippen LogP contribution is -2.15. The Morgan fingerprint density at radius 1 is 0.444 bits per heavy atom. The van der Waals surface area contributed by atoms with E-state index >= 15 is 0 Å². The molecule has 0 aliphatic heterocycles. The first-order valence-electron chi connectivity index (χ1n) is 19.6. The van der Waals surface area contributed by atoms with Crippen LogP contribution < -0.4 is 5.22 Å². The van der Waals surface area contributed by atoms with Gasteiger partial charge in [0.05, 0.1) is 0 Å². The van der Waals surface area contributed by atoms with Crippen molar-refractivity contribution in [3.05, 3.63) is 209 Å². The Kier molecular flexibility index (Phi) is 9.11. The van der Waals surface area contributed by atoms with Gasteiger partial charge in [-0.25, -0.2) is 0 Å².